The van der Waals surface area contributed by atoms with Crippen LogP contribution in [0.3, 0.4) is 0 Å². The average Bonchev–Trinajstić information content (AvgIpc) is 2.70. The molecule has 3 heteroatoms. The van der Waals surface area contributed by atoms with Crippen LogP contribution < -0.4 is 10.6 Å². The molecule has 0 aliphatic carbocycles. The van der Waals surface area contributed by atoms with Crippen molar-refractivity contribution >= 4 is 17.8 Å². The van der Waals surface area contributed by atoms with Gasteiger partial charge in [0.1, 0.15) is 7.14 Å². The summed E-state index contributed by atoms with van der Waals surface area (Å²) in [6.07, 6.45) is 0.799. The third-order valence-corrected chi connectivity index (χ3v) is 8.63. The zero-order chi connectivity index (χ0) is 18.4. The molecule has 0 heterocycles. The first-order chi connectivity index (χ1) is 12.6. The molecule has 0 aromatic heterocycles. The summed E-state index contributed by atoms with van der Waals surface area (Å²) in [5.74, 6) is 0. The lowest BCUT2D eigenvalue weighted by molar-refractivity contribution is 0.184. The lowest BCUT2D eigenvalue weighted by Gasteiger charge is -2.31. The Labute approximate surface area is 155 Å². The third-order valence-electron chi connectivity index (χ3n) is 4.88. The van der Waals surface area contributed by atoms with Gasteiger partial charge < -0.3 is 9.67 Å². The molecule has 0 amide bonds. The van der Waals surface area contributed by atoms with Crippen LogP contribution in [0.4, 0.5) is 0 Å². The van der Waals surface area contributed by atoms with E-state index in [1.807, 2.05) is 78.9 Å². The van der Waals surface area contributed by atoms with Crippen molar-refractivity contribution < 1.29 is 9.67 Å². The van der Waals surface area contributed by atoms with E-state index in [2.05, 4.69) is 12.1 Å². The molecule has 26 heavy (non-hydrogen) atoms. The second kappa shape index (κ2) is 8.49. The van der Waals surface area contributed by atoms with Crippen molar-refractivity contribution in [3.8, 4) is 0 Å². The molecule has 0 radical (unpaired) electrons. The van der Waals surface area contributed by atoms with E-state index in [-0.39, 0.29) is 5.66 Å². The zero-order valence-corrected chi connectivity index (χ0v) is 15.9. The highest BCUT2D eigenvalue weighted by atomic mass is 31.2. The Morgan fingerprint density at radius 2 is 1.19 bits per heavy atom. The Hall–Kier alpha value is -2.15. The second-order valence-electron chi connectivity index (χ2n) is 6.66. The summed E-state index contributed by atoms with van der Waals surface area (Å²) >= 11 is 0. The lowest BCUT2D eigenvalue weighted by Crippen LogP contribution is -2.33. The van der Waals surface area contributed by atoms with Crippen molar-refractivity contribution in [2.75, 3.05) is 0 Å². The smallest absolute Gasteiger partial charge is 0.148 e. The van der Waals surface area contributed by atoms with Crippen molar-refractivity contribution in [2.24, 2.45) is 0 Å². The van der Waals surface area contributed by atoms with Crippen LogP contribution in [-0.4, -0.2) is 16.9 Å². The Kier molecular flexibility index (Phi) is 6.08. The molecule has 0 unspecified atom stereocenters. The van der Waals surface area contributed by atoms with E-state index in [4.69, 9.17) is 0 Å². The molecule has 0 saturated heterocycles. The van der Waals surface area contributed by atoms with Crippen LogP contribution in [0.1, 0.15) is 18.9 Å². The first kappa shape index (κ1) is 18.6. The van der Waals surface area contributed by atoms with E-state index in [9.17, 15) is 9.67 Å². The Morgan fingerprint density at radius 1 is 0.769 bits per heavy atom. The van der Waals surface area contributed by atoms with Crippen LogP contribution >= 0.6 is 7.14 Å². The molecule has 2 nitrogen and oxygen atoms in total. The number of hydrogen-bond donors (Lipinski definition) is 1. The molecule has 3 aromatic carbocycles. The number of rotatable bonds is 7. The minimum atomic E-state index is -2.98. The molecular formula is C23H25O2P. The van der Waals surface area contributed by atoms with Gasteiger partial charge in [0.25, 0.3) is 0 Å². The van der Waals surface area contributed by atoms with Gasteiger partial charge in [-0.2, -0.15) is 0 Å². The van der Waals surface area contributed by atoms with Gasteiger partial charge in [-0.25, -0.2) is 0 Å². The van der Waals surface area contributed by atoms with Crippen molar-refractivity contribution in [3.05, 3.63) is 96.6 Å². The first-order valence-corrected chi connectivity index (χ1v) is 10.8. The molecule has 0 bridgehead atoms. The Bertz CT molecular complexity index is 802. The van der Waals surface area contributed by atoms with Gasteiger partial charge in [-0.1, -0.05) is 91.0 Å². The van der Waals surface area contributed by atoms with Crippen molar-refractivity contribution in [3.63, 3.8) is 0 Å². The fourth-order valence-electron chi connectivity index (χ4n) is 3.52. The molecule has 0 aliphatic heterocycles. The molecule has 0 aliphatic rings. The quantitative estimate of drug-likeness (QED) is 0.632. The highest BCUT2D eigenvalue weighted by molar-refractivity contribution is 7.79. The summed E-state index contributed by atoms with van der Waals surface area (Å²) in [6, 6.07) is 29.4. The SMILES string of the molecule is C[C@H](O)[C@H](CCc1ccccc1)P(=O)(c1ccccc1)c1ccccc1. The van der Waals surface area contributed by atoms with Crippen LogP contribution in [0.25, 0.3) is 0 Å². The molecule has 0 saturated carbocycles. The van der Waals surface area contributed by atoms with E-state index < -0.39 is 13.2 Å². The van der Waals surface area contributed by atoms with Crippen molar-refractivity contribution in [1.29, 1.82) is 0 Å². The highest BCUT2D eigenvalue weighted by Gasteiger charge is 2.38. The third kappa shape index (κ3) is 3.98. The first-order valence-electron chi connectivity index (χ1n) is 9.05. The van der Waals surface area contributed by atoms with Crippen LogP contribution in [0.15, 0.2) is 91.0 Å². The van der Waals surface area contributed by atoms with Crippen LogP contribution in [0.5, 0.6) is 0 Å². The predicted octanol–water partition coefficient (Wildman–Crippen LogP) is 4.38. The number of benzene rings is 3. The molecular weight excluding hydrogens is 339 g/mol. The monoisotopic (exact) mass is 364 g/mol. The van der Waals surface area contributed by atoms with Crippen molar-refractivity contribution in [2.45, 2.75) is 31.5 Å². The van der Waals surface area contributed by atoms with Gasteiger partial charge in [-0.3, -0.25) is 0 Å². The number of aliphatic hydroxyl groups is 1. The van der Waals surface area contributed by atoms with E-state index in [0.29, 0.717) is 6.42 Å². The summed E-state index contributed by atoms with van der Waals surface area (Å²) in [4.78, 5) is 0. The Morgan fingerprint density at radius 3 is 1.62 bits per heavy atom. The number of aliphatic hydroxyl groups excluding tert-OH is 1. The van der Waals surface area contributed by atoms with Gasteiger partial charge >= 0.3 is 0 Å². The number of hydrogen-bond acceptors (Lipinski definition) is 2. The second-order valence-corrected chi connectivity index (χ2v) is 9.67. The molecule has 3 rings (SSSR count). The van der Waals surface area contributed by atoms with Crippen molar-refractivity contribution in [1.82, 2.24) is 0 Å². The van der Waals surface area contributed by atoms with Crippen LogP contribution in [-0.2, 0) is 11.0 Å². The highest BCUT2D eigenvalue weighted by Crippen LogP contribution is 2.51. The van der Waals surface area contributed by atoms with Gasteiger partial charge in [0.05, 0.1) is 6.10 Å². The van der Waals surface area contributed by atoms with Gasteiger partial charge in [-0.05, 0) is 25.3 Å². The maximum absolute atomic E-state index is 14.4. The lowest BCUT2D eigenvalue weighted by atomic mass is 10.1. The zero-order valence-electron chi connectivity index (χ0n) is 15.0. The summed E-state index contributed by atoms with van der Waals surface area (Å²) in [6.45, 7) is 1.76. The summed E-state index contributed by atoms with van der Waals surface area (Å²) in [5, 5.41) is 12.2. The largest absolute Gasteiger partial charge is 0.393 e. The average molecular weight is 364 g/mol. The van der Waals surface area contributed by atoms with Gasteiger partial charge in [0.2, 0.25) is 0 Å². The summed E-state index contributed by atoms with van der Waals surface area (Å²) in [5.41, 5.74) is 0.873. The predicted molar refractivity (Wildman–Crippen MR) is 110 cm³/mol. The van der Waals surface area contributed by atoms with Gasteiger partial charge in [0.15, 0.2) is 0 Å². The molecule has 134 valence electrons. The van der Waals surface area contributed by atoms with Gasteiger partial charge in [0, 0.05) is 16.3 Å². The molecule has 0 spiro atoms. The van der Waals surface area contributed by atoms with E-state index in [1.165, 1.54) is 5.56 Å². The topological polar surface area (TPSA) is 37.3 Å². The Balaban J connectivity index is 2.02. The van der Waals surface area contributed by atoms with E-state index >= 15 is 0 Å². The van der Waals surface area contributed by atoms with Crippen LogP contribution in [0, 0.1) is 0 Å². The van der Waals surface area contributed by atoms with Crippen LogP contribution in [0.2, 0.25) is 0 Å². The minimum Gasteiger partial charge on any atom is -0.393 e. The standard InChI is InChI=1S/C23H25O2P/c1-19(24)23(18-17-20-11-5-2-6-12-20)26(25,21-13-7-3-8-14-21)22-15-9-4-10-16-22/h2-16,19,23-24H,17-18H2,1H3/t19-,23-/m0/s1. The fraction of sp³-hybridized carbons (Fsp3) is 0.217. The molecule has 0 fully saturated rings. The molecule has 1 N–H and O–H groups in total. The molecule has 2 atom stereocenters. The minimum absolute atomic E-state index is 0.326. The van der Waals surface area contributed by atoms with E-state index in [0.717, 1.165) is 17.0 Å². The fourth-order valence-corrected chi connectivity index (χ4v) is 6.91. The maximum atomic E-state index is 14.4. The summed E-state index contributed by atoms with van der Waals surface area (Å²) in [7, 11) is -2.98. The van der Waals surface area contributed by atoms with Gasteiger partial charge in [-0.15, -0.1) is 0 Å². The molecule has 3 aromatic rings. The summed E-state index contributed by atoms with van der Waals surface area (Å²) < 4.78 is 14.4. The van der Waals surface area contributed by atoms with E-state index in [1.54, 1.807) is 6.92 Å². The normalized spacial score (nSPS) is 13.9. The maximum Gasteiger partial charge on any atom is 0.148 e. The number of aryl methyl sites for hydroxylation is 1.